The van der Waals surface area contributed by atoms with Gasteiger partial charge in [-0.2, -0.15) is 4.98 Å². The van der Waals surface area contributed by atoms with Crippen LogP contribution in [0.1, 0.15) is 5.56 Å². The number of benzene rings is 1. The van der Waals surface area contributed by atoms with E-state index in [-0.39, 0.29) is 17.3 Å². The van der Waals surface area contributed by atoms with Crippen molar-refractivity contribution in [2.75, 3.05) is 12.4 Å². The molecule has 0 saturated carbocycles. The Kier molecular flexibility index (Phi) is 4.14. The van der Waals surface area contributed by atoms with Crippen LogP contribution in [-0.4, -0.2) is 21.9 Å². The lowest BCUT2D eigenvalue weighted by Gasteiger charge is -2.09. The van der Waals surface area contributed by atoms with Gasteiger partial charge in [-0.3, -0.25) is 10.1 Å². The van der Waals surface area contributed by atoms with Gasteiger partial charge in [-0.05, 0) is 19.1 Å². The normalized spacial score (nSPS) is 10.2. The molecular weight excluding hydrogens is 328 g/mol. The van der Waals surface area contributed by atoms with E-state index in [1.807, 2.05) is 0 Å². The topological polar surface area (TPSA) is 90.2 Å². The highest BCUT2D eigenvalue weighted by molar-refractivity contribution is 9.10. The summed E-state index contributed by atoms with van der Waals surface area (Å²) in [6.07, 6.45) is 1.58. The number of aromatic nitrogens is 2. The predicted octanol–water partition coefficient (Wildman–Crippen LogP) is 3.29. The first-order valence-electron chi connectivity index (χ1n) is 5.64. The number of nitrogens with zero attached hydrogens (tertiary/aromatic N) is 3. The molecule has 0 atom stereocenters. The minimum atomic E-state index is -0.504. The van der Waals surface area contributed by atoms with Crippen LogP contribution in [0.5, 0.6) is 11.6 Å². The van der Waals surface area contributed by atoms with Crippen molar-refractivity contribution in [1.29, 1.82) is 0 Å². The maximum atomic E-state index is 11.0. The third-order valence-corrected chi connectivity index (χ3v) is 2.97. The van der Waals surface area contributed by atoms with E-state index in [2.05, 4.69) is 31.2 Å². The quantitative estimate of drug-likeness (QED) is 0.679. The van der Waals surface area contributed by atoms with Crippen molar-refractivity contribution in [2.24, 2.45) is 0 Å². The molecule has 2 rings (SSSR count). The molecule has 0 fully saturated rings. The molecule has 0 radical (unpaired) electrons. The number of nitro groups is 1. The lowest BCUT2D eigenvalue weighted by atomic mass is 10.3. The van der Waals surface area contributed by atoms with Gasteiger partial charge >= 0.3 is 5.69 Å². The summed E-state index contributed by atoms with van der Waals surface area (Å²) >= 11 is 3.19. The van der Waals surface area contributed by atoms with E-state index in [4.69, 9.17) is 4.74 Å². The fourth-order valence-electron chi connectivity index (χ4n) is 1.47. The molecule has 0 unspecified atom stereocenters. The van der Waals surface area contributed by atoms with Crippen LogP contribution < -0.4 is 10.1 Å². The van der Waals surface area contributed by atoms with Gasteiger partial charge in [0, 0.05) is 29.3 Å². The third kappa shape index (κ3) is 3.02. The molecule has 1 aromatic heterocycles. The second-order valence-corrected chi connectivity index (χ2v) is 4.82. The zero-order valence-corrected chi connectivity index (χ0v) is 12.3. The number of hydrogen-bond donors (Lipinski definition) is 1. The highest BCUT2D eigenvalue weighted by atomic mass is 79.9. The smallest absolute Gasteiger partial charge is 0.312 e. The Labute approximate surface area is 123 Å². The number of anilines is 1. The Morgan fingerprint density at radius 3 is 2.85 bits per heavy atom. The van der Waals surface area contributed by atoms with E-state index in [1.165, 1.54) is 12.1 Å². The van der Waals surface area contributed by atoms with Crippen molar-refractivity contribution in [3.05, 3.63) is 44.5 Å². The Balaban J connectivity index is 2.42. The van der Waals surface area contributed by atoms with Gasteiger partial charge in [0.2, 0.25) is 17.6 Å². The van der Waals surface area contributed by atoms with Gasteiger partial charge in [-0.25, -0.2) is 4.98 Å². The highest BCUT2D eigenvalue weighted by Crippen LogP contribution is 2.34. The van der Waals surface area contributed by atoms with E-state index in [0.29, 0.717) is 16.0 Å². The number of aryl methyl sites for hydroxylation is 1. The number of ether oxygens (including phenoxy) is 1. The zero-order valence-electron chi connectivity index (χ0n) is 10.8. The van der Waals surface area contributed by atoms with Gasteiger partial charge in [0.15, 0.2) is 0 Å². The van der Waals surface area contributed by atoms with E-state index in [1.54, 1.807) is 26.2 Å². The second-order valence-electron chi connectivity index (χ2n) is 3.90. The summed E-state index contributed by atoms with van der Waals surface area (Å²) in [4.78, 5) is 18.7. The summed E-state index contributed by atoms with van der Waals surface area (Å²) < 4.78 is 6.15. The van der Waals surface area contributed by atoms with Crippen LogP contribution in [0.2, 0.25) is 0 Å². The van der Waals surface area contributed by atoms with Crippen molar-refractivity contribution >= 4 is 27.6 Å². The van der Waals surface area contributed by atoms with Gasteiger partial charge in [-0.1, -0.05) is 15.9 Å². The predicted molar refractivity (Wildman–Crippen MR) is 77.2 cm³/mol. The first-order valence-corrected chi connectivity index (χ1v) is 6.43. The van der Waals surface area contributed by atoms with E-state index in [0.717, 1.165) is 0 Å². The molecule has 0 amide bonds. The summed E-state index contributed by atoms with van der Waals surface area (Å²) in [6, 6.07) is 4.56. The van der Waals surface area contributed by atoms with Crippen molar-refractivity contribution in [2.45, 2.75) is 6.92 Å². The summed E-state index contributed by atoms with van der Waals surface area (Å²) in [6.45, 7) is 1.76. The molecule has 7 nitrogen and oxygen atoms in total. The number of nitrogens with one attached hydrogen (secondary N) is 1. The number of rotatable bonds is 4. The highest BCUT2D eigenvalue weighted by Gasteiger charge is 2.18. The first kappa shape index (κ1) is 14.2. The van der Waals surface area contributed by atoms with Crippen molar-refractivity contribution in [3.63, 3.8) is 0 Å². The molecule has 0 aliphatic carbocycles. The van der Waals surface area contributed by atoms with Gasteiger partial charge in [-0.15, -0.1) is 0 Å². The average Bonchev–Trinajstić information content (AvgIpc) is 2.42. The average molecular weight is 339 g/mol. The maximum absolute atomic E-state index is 11.0. The van der Waals surface area contributed by atoms with Crippen molar-refractivity contribution in [3.8, 4) is 11.6 Å². The molecule has 20 heavy (non-hydrogen) atoms. The fourth-order valence-corrected chi connectivity index (χ4v) is 1.82. The van der Waals surface area contributed by atoms with E-state index in [9.17, 15) is 10.1 Å². The molecule has 2 aromatic rings. The van der Waals surface area contributed by atoms with Crippen LogP contribution in [0.3, 0.4) is 0 Å². The SMILES string of the molecule is CNc1ncc(C)c(Oc2ccc(Br)cc2[N+](=O)[O-])n1. The maximum Gasteiger partial charge on any atom is 0.312 e. The molecule has 8 heteroatoms. The summed E-state index contributed by atoms with van der Waals surface area (Å²) in [5, 5.41) is 13.8. The molecule has 0 aliphatic heterocycles. The third-order valence-electron chi connectivity index (χ3n) is 2.47. The van der Waals surface area contributed by atoms with Crippen LogP contribution >= 0.6 is 15.9 Å². The Morgan fingerprint density at radius 2 is 2.20 bits per heavy atom. The van der Waals surface area contributed by atoms with Gasteiger partial charge in [0.05, 0.1) is 4.92 Å². The van der Waals surface area contributed by atoms with Crippen LogP contribution in [0.15, 0.2) is 28.9 Å². The minimum absolute atomic E-state index is 0.127. The summed E-state index contributed by atoms with van der Waals surface area (Å²) in [7, 11) is 1.68. The number of hydrogen-bond acceptors (Lipinski definition) is 6. The van der Waals surface area contributed by atoms with Crippen LogP contribution in [-0.2, 0) is 0 Å². The Hall–Kier alpha value is -2.22. The van der Waals surface area contributed by atoms with Crippen molar-refractivity contribution in [1.82, 2.24) is 9.97 Å². The lowest BCUT2D eigenvalue weighted by Crippen LogP contribution is -2.01. The molecule has 1 aromatic carbocycles. The van der Waals surface area contributed by atoms with Crippen molar-refractivity contribution < 1.29 is 9.66 Å². The standard InChI is InChI=1S/C12H11BrN4O3/c1-7-6-15-12(14-2)16-11(7)20-10-4-3-8(13)5-9(10)17(18)19/h3-6H,1-2H3,(H,14,15,16). The summed E-state index contributed by atoms with van der Waals surface area (Å²) in [5.74, 6) is 0.780. The molecule has 0 saturated heterocycles. The Morgan fingerprint density at radius 1 is 1.45 bits per heavy atom. The molecule has 1 heterocycles. The van der Waals surface area contributed by atoms with Crippen LogP contribution in [0.25, 0.3) is 0 Å². The number of nitro benzene ring substituents is 1. The molecule has 1 N–H and O–H groups in total. The molecule has 0 aliphatic rings. The largest absolute Gasteiger partial charge is 0.431 e. The van der Waals surface area contributed by atoms with Gasteiger partial charge in [0.1, 0.15) is 0 Å². The fraction of sp³-hybridized carbons (Fsp3) is 0.167. The van der Waals surface area contributed by atoms with E-state index >= 15 is 0 Å². The van der Waals surface area contributed by atoms with E-state index < -0.39 is 4.92 Å². The lowest BCUT2D eigenvalue weighted by molar-refractivity contribution is -0.385. The zero-order chi connectivity index (χ0) is 14.7. The minimum Gasteiger partial charge on any atom is -0.431 e. The molecule has 104 valence electrons. The first-order chi connectivity index (χ1) is 9.51. The van der Waals surface area contributed by atoms with Gasteiger partial charge in [0.25, 0.3) is 0 Å². The summed E-state index contributed by atoms with van der Waals surface area (Å²) in [5.41, 5.74) is 0.546. The van der Waals surface area contributed by atoms with Crippen LogP contribution in [0.4, 0.5) is 11.6 Å². The molecule has 0 bridgehead atoms. The number of halogens is 1. The van der Waals surface area contributed by atoms with Crippen LogP contribution in [0, 0.1) is 17.0 Å². The second kappa shape index (κ2) is 5.83. The molecular formula is C12H11BrN4O3. The Bertz CT molecular complexity index is 663. The van der Waals surface area contributed by atoms with Gasteiger partial charge < -0.3 is 10.1 Å². The molecule has 0 spiro atoms. The monoisotopic (exact) mass is 338 g/mol.